The molecule has 2 atom stereocenters. The molecule has 1 saturated heterocycles. The van der Waals surface area contributed by atoms with Crippen LogP contribution in [-0.4, -0.2) is 55.5 Å². The summed E-state index contributed by atoms with van der Waals surface area (Å²) < 4.78 is 11.2. The highest BCUT2D eigenvalue weighted by molar-refractivity contribution is 5.84. The Bertz CT molecular complexity index is 1240. The van der Waals surface area contributed by atoms with Gasteiger partial charge in [0.2, 0.25) is 11.8 Å². The fourth-order valence-electron chi connectivity index (χ4n) is 5.50. The minimum atomic E-state index is -0.351. The Hall–Kier alpha value is -3.80. The summed E-state index contributed by atoms with van der Waals surface area (Å²) in [6, 6.07) is 23.7. The molecule has 0 radical (unpaired) electrons. The highest BCUT2D eigenvalue weighted by Crippen LogP contribution is 2.41. The average Bonchev–Trinajstić information content (AvgIpc) is 3.38. The highest BCUT2D eigenvalue weighted by Gasteiger charge is 2.43. The van der Waals surface area contributed by atoms with Gasteiger partial charge < -0.3 is 19.3 Å². The third-order valence-corrected chi connectivity index (χ3v) is 7.47. The predicted molar refractivity (Wildman–Crippen MR) is 138 cm³/mol. The van der Waals surface area contributed by atoms with E-state index in [2.05, 4.69) is 18.2 Å². The van der Waals surface area contributed by atoms with E-state index in [1.165, 1.54) is 11.1 Å². The minimum Gasteiger partial charge on any atom is -0.497 e. The summed E-state index contributed by atoms with van der Waals surface area (Å²) in [6.07, 6.45) is 1.17. The fourth-order valence-corrected chi connectivity index (χ4v) is 5.50. The van der Waals surface area contributed by atoms with Gasteiger partial charge in [-0.05, 0) is 41.3 Å². The van der Waals surface area contributed by atoms with Crippen molar-refractivity contribution in [2.24, 2.45) is 5.92 Å². The largest absolute Gasteiger partial charge is 0.497 e. The summed E-state index contributed by atoms with van der Waals surface area (Å²) in [5.74, 6) is 1.01. The molecule has 186 valence electrons. The van der Waals surface area contributed by atoms with Crippen LogP contribution in [0.5, 0.6) is 11.5 Å². The lowest BCUT2D eigenvalue weighted by atomic mass is 9.86. The number of carbonyl (C=O) groups excluding carboxylic acids is 2. The molecule has 36 heavy (non-hydrogen) atoms. The van der Waals surface area contributed by atoms with E-state index in [0.29, 0.717) is 44.1 Å². The minimum absolute atomic E-state index is 0.0346. The van der Waals surface area contributed by atoms with Crippen molar-refractivity contribution in [2.45, 2.75) is 25.3 Å². The topological polar surface area (TPSA) is 59.1 Å². The van der Waals surface area contributed by atoms with Crippen molar-refractivity contribution in [3.63, 3.8) is 0 Å². The van der Waals surface area contributed by atoms with E-state index >= 15 is 0 Å². The lowest BCUT2D eigenvalue weighted by Gasteiger charge is -2.32. The van der Waals surface area contributed by atoms with Gasteiger partial charge in [0.15, 0.2) is 0 Å². The number of fused-ring (bicyclic) bond motifs is 1. The first-order chi connectivity index (χ1) is 17.6. The van der Waals surface area contributed by atoms with Gasteiger partial charge in [0.1, 0.15) is 11.5 Å². The monoisotopic (exact) mass is 484 g/mol. The Kier molecular flexibility index (Phi) is 6.94. The molecule has 2 unspecified atom stereocenters. The summed E-state index contributed by atoms with van der Waals surface area (Å²) in [7, 11) is 3.26. The second kappa shape index (κ2) is 10.4. The summed E-state index contributed by atoms with van der Waals surface area (Å²) in [4.78, 5) is 31.1. The molecular weight excluding hydrogens is 452 g/mol. The smallest absolute Gasteiger partial charge is 0.228 e. The van der Waals surface area contributed by atoms with Gasteiger partial charge in [-0.1, -0.05) is 54.6 Å². The third-order valence-electron chi connectivity index (χ3n) is 7.47. The number of ether oxygens (including phenoxy) is 2. The normalized spacial score (nSPS) is 19.1. The number of methoxy groups -OCH3 is 2. The Morgan fingerprint density at radius 2 is 1.61 bits per heavy atom. The third kappa shape index (κ3) is 4.81. The molecule has 3 aromatic rings. The van der Waals surface area contributed by atoms with Crippen LogP contribution in [0.15, 0.2) is 72.8 Å². The maximum absolute atomic E-state index is 14.0. The van der Waals surface area contributed by atoms with Crippen LogP contribution < -0.4 is 9.47 Å². The molecule has 3 aromatic carbocycles. The number of likely N-dealkylation sites (tertiary alicyclic amines) is 1. The van der Waals surface area contributed by atoms with Crippen molar-refractivity contribution in [3.8, 4) is 11.5 Å². The second-order valence-corrected chi connectivity index (χ2v) is 9.56. The summed E-state index contributed by atoms with van der Waals surface area (Å²) in [5.41, 5.74) is 4.38. The van der Waals surface area contributed by atoms with Crippen LogP contribution in [0.2, 0.25) is 0 Å². The summed E-state index contributed by atoms with van der Waals surface area (Å²) >= 11 is 0. The quantitative estimate of drug-likeness (QED) is 0.529. The van der Waals surface area contributed by atoms with E-state index in [4.69, 9.17) is 9.47 Å². The van der Waals surface area contributed by atoms with Crippen molar-refractivity contribution in [1.82, 2.24) is 9.80 Å². The zero-order valence-electron chi connectivity index (χ0n) is 20.9. The molecule has 2 aliphatic heterocycles. The molecule has 0 bridgehead atoms. The average molecular weight is 485 g/mol. The van der Waals surface area contributed by atoms with E-state index in [0.717, 1.165) is 17.5 Å². The van der Waals surface area contributed by atoms with Crippen molar-refractivity contribution < 1.29 is 19.1 Å². The Morgan fingerprint density at radius 3 is 2.36 bits per heavy atom. The molecule has 2 heterocycles. The van der Waals surface area contributed by atoms with Gasteiger partial charge in [0.05, 0.1) is 26.6 Å². The number of rotatable bonds is 6. The van der Waals surface area contributed by atoms with Gasteiger partial charge in [0, 0.05) is 37.7 Å². The maximum Gasteiger partial charge on any atom is 0.228 e. The molecule has 2 aliphatic rings. The van der Waals surface area contributed by atoms with Gasteiger partial charge in [-0.25, -0.2) is 0 Å². The lowest BCUT2D eigenvalue weighted by molar-refractivity contribution is -0.136. The van der Waals surface area contributed by atoms with Crippen LogP contribution >= 0.6 is 0 Å². The van der Waals surface area contributed by atoms with E-state index < -0.39 is 0 Å². The lowest BCUT2D eigenvalue weighted by Crippen LogP contribution is -2.42. The van der Waals surface area contributed by atoms with E-state index in [-0.39, 0.29) is 23.7 Å². The Morgan fingerprint density at radius 1 is 0.861 bits per heavy atom. The first kappa shape index (κ1) is 23.9. The van der Waals surface area contributed by atoms with Gasteiger partial charge in [-0.15, -0.1) is 0 Å². The highest BCUT2D eigenvalue weighted by atomic mass is 16.5. The van der Waals surface area contributed by atoms with Crippen LogP contribution in [0.3, 0.4) is 0 Å². The number of carbonyl (C=O) groups is 2. The Balaban J connectivity index is 1.44. The van der Waals surface area contributed by atoms with Crippen LogP contribution in [0.4, 0.5) is 0 Å². The molecule has 0 N–H and O–H groups in total. The molecular formula is C30H32N2O4. The molecule has 0 aliphatic carbocycles. The number of nitrogens with zero attached hydrogens (tertiary/aromatic N) is 2. The molecule has 0 spiro atoms. The second-order valence-electron chi connectivity index (χ2n) is 9.56. The van der Waals surface area contributed by atoms with Crippen molar-refractivity contribution in [3.05, 3.63) is 95.1 Å². The molecule has 6 nitrogen and oxygen atoms in total. The number of hydrogen-bond acceptors (Lipinski definition) is 4. The first-order valence-corrected chi connectivity index (χ1v) is 12.5. The van der Waals surface area contributed by atoms with Crippen LogP contribution in [0, 0.1) is 5.92 Å². The fraction of sp³-hybridized carbons (Fsp3) is 0.333. The van der Waals surface area contributed by atoms with Gasteiger partial charge in [-0.2, -0.15) is 0 Å². The van der Waals surface area contributed by atoms with E-state index in [1.807, 2.05) is 64.4 Å². The molecule has 5 rings (SSSR count). The van der Waals surface area contributed by atoms with Gasteiger partial charge in [0.25, 0.3) is 0 Å². The standard InChI is InChI=1S/C30H32N2O4/c1-35-24-12-13-28(36-2)25(17-24)26-19-32(29(33)16-21-8-4-3-5-9-21)20-27(26)30(34)31-15-14-22-10-6-7-11-23(22)18-31/h3-13,17,26-27H,14-16,18-20H2,1-2H3. The van der Waals surface area contributed by atoms with Crippen molar-refractivity contribution in [1.29, 1.82) is 0 Å². The molecule has 2 amide bonds. The van der Waals surface area contributed by atoms with Crippen LogP contribution in [0.25, 0.3) is 0 Å². The number of hydrogen-bond donors (Lipinski definition) is 0. The zero-order valence-corrected chi connectivity index (χ0v) is 20.9. The van der Waals surface area contributed by atoms with E-state index in [1.54, 1.807) is 14.2 Å². The van der Waals surface area contributed by atoms with Gasteiger partial charge in [-0.3, -0.25) is 9.59 Å². The molecule has 0 aromatic heterocycles. The first-order valence-electron chi connectivity index (χ1n) is 12.5. The molecule has 0 saturated carbocycles. The molecule has 1 fully saturated rings. The SMILES string of the molecule is COc1ccc(OC)c(C2CN(C(=O)Cc3ccccc3)CC2C(=O)N2CCc3ccccc3C2)c1. The summed E-state index contributed by atoms with van der Waals surface area (Å²) in [6.45, 7) is 2.15. The maximum atomic E-state index is 14.0. The van der Waals surface area contributed by atoms with Crippen molar-refractivity contribution in [2.75, 3.05) is 33.9 Å². The predicted octanol–water partition coefficient (Wildman–Crippen LogP) is 4.07. The molecule has 6 heteroatoms. The van der Waals surface area contributed by atoms with E-state index in [9.17, 15) is 9.59 Å². The van der Waals surface area contributed by atoms with Crippen molar-refractivity contribution >= 4 is 11.8 Å². The van der Waals surface area contributed by atoms with Crippen LogP contribution in [0.1, 0.15) is 28.2 Å². The number of amides is 2. The number of benzene rings is 3. The van der Waals surface area contributed by atoms with Crippen LogP contribution in [-0.2, 0) is 29.0 Å². The zero-order chi connectivity index (χ0) is 25.1. The summed E-state index contributed by atoms with van der Waals surface area (Å²) in [5, 5.41) is 0. The Labute approximate surface area is 212 Å². The van der Waals surface area contributed by atoms with Gasteiger partial charge >= 0.3 is 0 Å².